The van der Waals surface area contributed by atoms with E-state index in [1.165, 1.54) is 0 Å². The Bertz CT molecular complexity index is 467. The van der Waals surface area contributed by atoms with Crippen LogP contribution in [-0.4, -0.2) is 16.2 Å². The zero-order valence-corrected chi connectivity index (χ0v) is 13.5. The summed E-state index contributed by atoms with van der Waals surface area (Å²) in [6.07, 6.45) is 0.819. The van der Waals surface area contributed by atoms with Crippen molar-refractivity contribution in [3.05, 3.63) is 28.8 Å². The van der Waals surface area contributed by atoms with E-state index in [0.717, 1.165) is 16.7 Å². The molecule has 0 heterocycles. The molecule has 0 spiro atoms. The first-order chi connectivity index (χ1) is 8.93. The maximum absolute atomic E-state index is 10.9. The van der Waals surface area contributed by atoms with Gasteiger partial charge in [-0.15, -0.1) is 0 Å². The Morgan fingerprint density at radius 2 is 1.40 bits per heavy atom. The lowest BCUT2D eigenvalue weighted by Crippen LogP contribution is -2.18. The molecule has 0 bridgehead atoms. The molecule has 20 heavy (non-hydrogen) atoms. The Morgan fingerprint density at radius 1 is 1.00 bits per heavy atom. The van der Waals surface area contributed by atoms with E-state index in [0.29, 0.717) is 12.2 Å². The fraction of sp³-hybridized carbons (Fsp3) is 0.588. The second-order valence-corrected chi connectivity index (χ2v) is 7.49. The first-order valence-corrected chi connectivity index (χ1v) is 7.07. The van der Waals surface area contributed by atoms with E-state index in [-0.39, 0.29) is 17.3 Å². The highest BCUT2D eigenvalue weighted by molar-refractivity contribution is 5.67. The van der Waals surface area contributed by atoms with Gasteiger partial charge in [0, 0.05) is 4.79 Å². The van der Waals surface area contributed by atoms with Gasteiger partial charge < -0.3 is 10.2 Å². The van der Waals surface area contributed by atoms with Gasteiger partial charge in [0.25, 0.3) is 5.75 Å². The zero-order chi connectivity index (χ0) is 15.7. The standard InChI is InChI=1S/C17H26O3/c1-16(2,3)12-9-11(7-8-14(18)19)10-13(15(12)20)17(4,5)6/h9-10,20H,7-8H2,1-6H3,(H,18,19)/p+2. The maximum Gasteiger partial charge on any atom is 0.516 e. The van der Waals surface area contributed by atoms with Gasteiger partial charge in [-0.25, -0.2) is 0 Å². The molecule has 1 aromatic rings. The molecule has 0 aliphatic rings. The first kappa shape index (κ1) is 16.5. The van der Waals surface area contributed by atoms with E-state index >= 15 is 0 Å². The van der Waals surface area contributed by atoms with Gasteiger partial charge in [0.15, 0.2) is 0 Å². The smallest absolute Gasteiger partial charge is 0.516 e. The van der Waals surface area contributed by atoms with E-state index in [2.05, 4.69) is 41.5 Å². The third-order valence-corrected chi connectivity index (χ3v) is 3.45. The lowest BCUT2D eigenvalue weighted by molar-refractivity contribution is -0.136. The number of carbonyl (C=O) groups is 1. The highest BCUT2D eigenvalue weighted by Gasteiger charge is 2.29. The summed E-state index contributed by atoms with van der Waals surface area (Å²) >= 11 is 0. The monoisotopic (exact) mass is 280 g/mol. The second kappa shape index (κ2) is 5.47. The van der Waals surface area contributed by atoms with Crippen LogP contribution in [0.15, 0.2) is 12.1 Å². The highest BCUT2D eigenvalue weighted by atomic mass is 16.4. The summed E-state index contributed by atoms with van der Waals surface area (Å²) in [6.45, 7) is 12.6. The molecule has 0 fully saturated rings. The van der Waals surface area contributed by atoms with Crippen LogP contribution in [0.25, 0.3) is 0 Å². The van der Waals surface area contributed by atoms with Crippen molar-refractivity contribution in [2.75, 3.05) is 0 Å². The van der Waals surface area contributed by atoms with Gasteiger partial charge in [0.2, 0.25) is 0 Å². The van der Waals surface area contributed by atoms with Crippen LogP contribution in [0.3, 0.4) is 0 Å². The van der Waals surface area contributed by atoms with Crippen molar-refractivity contribution in [1.82, 2.24) is 0 Å². The minimum atomic E-state index is -0.533. The largest absolute Gasteiger partial charge is 0.593 e. The van der Waals surface area contributed by atoms with E-state index in [1.54, 1.807) is 0 Å². The maximum atomic E-state index is 10.9. The summed E-state index contributed by atoms with van der Waals surface area (Å²) in [5, 5.41) is 15.5. The van der Waals surface area contributed by atoms with Gasteiger partial charge in [0.05, 0.1) is 11.1 Å². The molecule has 0 amide bonds. The van der Waals surface area contributed by atoms with Crippen LogP contribution in [0.1, 0.15) is 64.7 Å². The van der Waals surface area contributed by atoms with Crippen molar-refractivity contribution in [2.24, 2.45) is 0 Å². The number of hydrogen-bond donors (Lipinski definition) is 0. The fourth-order valence-electron chi connectivity index (χ4n) is 2.29. The molecule has 1 rings (SSSR count). The predicted octanol–water partition coefficient (Wildman–Crippen LogP) is 2.90. The Balaban J connectivity index is 3.38. The Kier molecular flexibility index (Phi) is 4.52. The van der Waals surface area contributed by atoms with Crippen LogP contribution < -0.4 is 0 Å². The Hall–Kier alpha value is -1.51. The minimum Gasteiger partial charge on any atom is -0.593 e. The summed E-state index contributed by atoms with van der Waals surface area (Å²) in [7, 11) is 0. The van der Waals surface area contributed by atoms with Crippen molar-refractivity contribution in [3.63, 3.8) is 0 Å². The molecule has 4 N–H and O–H groups in total. The van der Waals surface area contributed by atoms with E-state index < -0.39 is 5.97 Å². The molecule has 0 radical (unpaired) electrons. The molecule has 0 aliphatic heterocycles. The Morgan fingerprint density at radius 3 is 1.70 bits per heavy atom. The van der Waals surface area contributed by atoms with E-state index in [9.17, 15) is 4.79 Å². The number of benzene rings is 1. The van der Waals surface area contributed by atoms with Crippen molar-refractivity contribution < 1.29 is 15.0 Å². The molecule has 1 aromatic carbocycles. The molecule has 0 atom stereocenters. The number of hydrogen-bond acceptors (Lipinski definition) is 1. The molecule has 3 nitrogen and oxygen atoms in total. The summed E-state index contributed by atoms with van der Waals surface area (Å²) < 4.78 is 0. The molecule has 0 aromatic heterocycles. The van der Waals surface area contributed by atoms with Crippen LogP contribution in [0.2, 0.25) is 0 Å². The van der Waals surface area contributed by atoms with Gasteiger partial charge in [-0.05, 0) is 34.9 Å². The van der Waals surface area contributed by atoms with Crippen molar-refractivity contribution in [3.8, 4) is 5.75 Å². The molecule has 0 aliphatic carbocycles. The van der Waals surface area contributed by atoms with Gasteiger partial charge in [-0.2, -0.15) is 0 Å². The van der Waals surface area contributed by atoms with E-state index in [1.807, 2.05) is 12.1 Å². The molecule has 0 saturated carbocycles. The van der Waals surface area contributed by atoms with E-state index in [4.69, 9.17) is 10.2 Å². The van der Waals surface area contributed by atoms with Crippen LogP contribution in [0.5, 0.6) is 5.75 Å². The number of carbonyl (C=O) groups excluding carboxylic acids is 1. The number of rotatable bonds is 3. The summed E-state index contributed by atoms with van der Waals surface area (Å²) in [5.74, 6) is 0.0699. The zero-order valence-electron chi connectivity index (χ0n) is 13.5. The third-order valence-electron chi connectivity index (χ3n) is 3.45. The van der Waals surface area contributed by atoms with Gasteiger partial charge >= 0.3 is 5.97 Å². The normalized spacial score (nSPS) is 12.5. The minimum absolute atomic E-state index is 0.0991. The quantitative estimate of drug-likeness (QED) is 0.785. The van der Waals surface area contributed by atoms with Crippen LogP contribution >= 0.6 is 0 Å². The van der Waals surface area contributed by atoms with Crippen molar-refractivity contribution >= 4 is 5.97 Å². The SMILES string of the molecule is CC(C)(C)c1cc(CCC(=O)[OH2+])cc(C(C)(C)C)c1[OH2+]. The predicted molar refractivity (Wildman–Crippen MR) is 83.8 cm³/mol. The summed E-state index contributed by atoms with van der Waals surface area (Å²) in [4.78, 5) is 10.9. The lowest BCUT2D eigenvalue weighted by Gasteiger charge is -2.25. The van der Waals surface area contributed by atoms with Gasteiger partial charge in [0.1, 0.15) is 6.42 Å². The average molecular weight is 280 g/mol. The molecular formula is C17H28O3+2. The van der Waals surface area contributed by atoms with Crippen LogP contribution in [0, 0.1) is 0 Å². The van der Waals surface area contributed by atoms with Gasteiger partial charge in [-0.3, -0.25) is 0 Å². The summed E-state index contributed by atoms with van der Waals surface area (Å²) in [5.41, 5.74) is 2.88. The molecular weight excluding hydrogens is 252 g/mol. The second-order valence-electron chi connectivity index (χ2n) is 7.49. The number of aryl methyl sites for hydroxylation is 1. The van der Waals surface area contributed by atoms with Crippen LogP contribution in [-0.2, 0) is 22.0 Å². The molecule has 0 saturated heterocycles. The first-order valence-electron chi connectivity index (χ1n) is 7.07. The highest BCUT2D eigenvalue weighted by Crippen LogP contribution is 2.39. The summed E-state index contributed by atoms with van der Waals surface area (Å²) in [6, 6.07) is 4.06. The molecule has 0 unspecified atom stereocenters. The Labute approximate surface area is 121 Å². The van der Waals surface area contributed by atoms with Gasteiger partial charge in [-0.1, -0.05) is 41.5 Å². The lowest BCUT2D eigenvalue weighted by atomic mass is 9.78. The topological polar surface area (TPSA) is 62.9 Å². The average Bonchev–Trinajstić information content (AvgIpc) is 2.24. The molecule has 3 heteroatoms. The van der Waals surface area contributed by atoms with Crippen LogP contribution in [0.4, 0.5) is 0 Å². The fourth-order valence-corrected chi connectivity index (χ4v) is 2.29. The third kappa shape index (κ3) is 3.99. The molecule has 112 valence electrons. The van der Waals surface area contributed by atoms with Crippen molar-refractivity contribution in [1.29, 1.82) is 0 Å². The van der Waals surface area contributed by atoms with Crippen molar-refractivity contribution in [2.45, 2.75) is 65.2 Å².